The maximum Gasteiger partial charge on any atom is 0.171 e. The molecule has 1 aliphatic rings. The first-order chi connectivity index (χ1) is 7.74. The Morgan fingerprint density at radius 1 is 1.31 bits per heavy atom. The number of aliphatic hydroxyl groups excluding tert-OH is 1. The Bertz CT molecular complexity index is 248. The second-order valence-corrected chi connectivity index (χ2v) is 5.48. The van der Waals surface area contributed by atoms with Crippen molar-refractivity contribution in [2.45, 2.75) is 58.0 Å². The number of Topliss-reactive ketones (excluding diaryl/α,β-unsaturated/α-hetero) is 1. The van der Waals surface area contributed by atoms with E-state index in [1.807, 2.05) is 0 Å². The van der Waals surface area contributed by atoms with Crippen molar-refractivity contribution in [2.24, 2.45) is 0 Å². The fraction of sp³-hybridized carbons (Fsp3) is 0.769. The third-order valence-electron chi connectivity index (χ3n) is 2.77. The topological polar surface area (TPSA) is 37.3 Å². The van der Waals surface area contributed by atoms with Gasteiger partial charge >= 0.3 is 0 Å². The number of rotatable bonds is 8. The zero-order valence-corrected chi connectivity index (χ0v) is 10.9. The maximum atomic E-state index is 11.3. The first kappa shape index (κ1) is 13.8. The van der Waals surface area contributed by atoms with Gasteiger partial charge in [0.2, 0.25) is 0 Å². The molecule has 0 heterocycles. The second kappa shape index (κ2) is 7.91. The lowest BCUT2D eigenvalue weighted by molar-refractivity contribution is -0.115. The molecule has 0 aromatic rings. The lowest BCUT2D eigenvalue weighted by Gasteiger charge is -2.01. The van der Waals surface area contributed by atoms with Gasteiger partial charge in [-0.05, 0) is 18.2 Å². The van der Waals surface area contributed by atoms with Crippen LogP contribution in [0.1, 0.15) is 51.9 Å². The molecule has 0 saturated carbocycles. The van der Waals surface area contributed by atoms with Crippen molar-refractivity contribution >= 4 is 17.5 Å². The first-order valence-corrected chi connectivity index (χ1v) is 7.28. The van der Waals surface area contributed by atoms with Gasteiger partial charge in [0.15, 0.2) is 5.78 Å². The monoisotopic (exact) mass is 242 g/mol. The Kier molecular flexibility index (Phi) is 6.81. The first-order valence-electron chi connectivity index (χ1n) is 6.30. The van der Waals surface area contributed by atoms with E-state index in [2.05, 4.69) is 6.92 Å². The van der Waals surface area contributed by atoms with Crippen molar-refractivity contribution < 1.29 is 9.90 Å². The number of hydrogen-bond acceptors (Lipinski definition) is 3. The molecular formula is C13H22O2S. The van der Waals surface area contributed by atoms with Crippen molar-refractivity contribution in [2.75, 3.05) is 5.75 Å². The standard InChI is InChI=1S/C13H22O2S/c1-2-3-4-5-6-7-8-16-13-10-11(14)9-12(13)15/h10-11,14H,2-9H2,1H3. The molecular weight excluding hydrogens is 220 g/mol. The van der Waals surface area contributed by atoms with E-state index in [4.69, 9.17) is 0 Å². The highest BCUT2D eigenvalue weighted by Gasteiger charge is 2.21. The molecule has 1 atom stereocenters. The van der Waals surface area contributed by atoms with Crippen molar-refractivity contribution in [1.82, 2.24) is 0 Å². The Hall–Kier alpha value is -0.280. The predicted octanol–water partition coefficient (Wildman–Crippen LogP) is 3.30. The average Bonchev–Trinajstić information content (AvgIpc) is 2.56. The zero-order valence-electron chi connectivity index (χ0n) is 10.1. The van der Waals surface area contributed by atoms with E-state index < -0.39 is 6.10 Å². The Morgan fingerprint density at radius 2 is 2.00 bits per heavy atom. The fourth-order valence-electron chi connectivity index (χ4n) is 1.81. The second-order valence-electron chi connectivity index (χ2n) is 4.34. The van der Waals surface area contributed by atoms with Crippen molar-refractivity contribution in [3.63, 3.8) is 0 Å². The molecule has 0 bridgehead atoms. The van der Waals surface area contributed by atoms with Gasteiger partial charge in [0.05, 0.1) is 6.10 Å². The molecule has 0 aliphatic heterocycles. The third kappa shape index (κ3) is 5.17. The SMILES string of the molecule is CCCCCCCCSC1=CC(O)CC1=O. The van der Waals surface area contributed by atoms with Gasteiger partial charge in [-0.25, -0.2) is 0 Å². The number of unbranched alkanes of at least 4 members (excludes halogenated alkanes) is 5. The van der Waals surface area contributed by atoms with Gasteiger partial charge in [0, 0.05) is 11.3 Å². The van der Waals surface area contributed by atoms with E-state index in [-0.39, 0.29) is 5.78 Å². The molecule has 0 aromatic heterocycles. The highest BCUT2D eigenvalue weighted by Crippen LogP contribution is 2.26. The minimum Gasteiger partial charge on any atom is -0.389 e. The molecule has 1 aliphatic carbocycles. The summed E-state index contributed by atoms with van der Waals surface area (Å²) in [5, 5.41) is 9.26. The van der Waals surface area contributed by atoms with Gasteiger partial charge in [-0.2, -0.15) is 0 Å². The quantitative estimate of drug-likeness (QED) is 0.664. The molecule has 0 spiro atoms. The number of allylic oxidation sites excluding steroid dienone is 1. The summed E-state index contributed by atoms with van der Waals surface area (Å²) < 4.78 is 0. The number of thioether (sulfide) groups is 1. The van der Waals surface area contributed by atoms with E-state index in [1.54, 1.807) is 17.8 Å². The van der Waals surface area contributed by atoms with Gasteiger partial charge < -0.3 is 5.11 Å². The molecule has 1 N–H and O–H groups in total. The molecule has 1 rings (SSSR count). The van der Waals surface area contributed by atoms with Gasteiger partial charge in [0.1, 0.15) is 0 Å². The van der Waals surface area contributed by atoms with E-state index in [1.165, 1.54) is 38.5 Å². The summed E-state index contributed by atoms with van der Waals surface area (Å²) >= 11 is 1.61. The van der Waals surface area contributed by atoms with Crippen LogP contribution in [0.25, 0.3) is 0 Å². The molecule has 16 heavy (non-hydrogen) atoms. The minimum absolute atomic E-state index is 0.114. The number of carbonyl (C=O) groups excluding carboxylic acids is 1. The molecule has 0 amide bonds. The average molecular weight is 242 g/mol. The van der Waals surface area contributed by atoms with Crippen LogP contribution >= 0.6 is 11.8 Å². The fourth-order valence-corrected chi connectivity index (χ4v) is 2.88. The van der Waals surface area contributed by atoms with E-state index in [9.17, 15) is 9.90 Å². The summed E-state index contributed by atoms with van der Waals surface area (Å²) in [6.07, 6.45) is 9.16. The Labute approximate surface area is 103 Å². The largest absolute Gasteiger partial charge is 0.389 e. The molecule has 0 aromatic carbocycles. The van der Waals surface area contributed by atoms with Gasteiger partial charge in [-0.3, -0.25) is 4.79 Å². The van der Waals surface area contributed by atoms with Crippen LogP contribution in [-0.4, -0.2) is 22.7 Å². The molecule has 3 heteroatoms. The lowest BCUT2D eigenvalue weighted by atomic mass is 10.1. The van der Waals surface area contributed by atoms with E-state index in [0.717, 1.165) is 10.7 Å². The van der Waals surface area contributed by atoms with Gasteiger partial charge in [-0.15, -0.1) is 11.8 Å². The van der Waals surface area contributed by atoms with Crippen LogP contribution in [-0.2, 0) is 4.79 Å². The van der Waals surface area contributed by atoms with Gasteiger partial charge in [-0.1, -0.05) is 39.0 Å². The lowest BCUT2D eigenvalue weighted by Crippen LogP contribution is -2.00. The molecule has 1 unspecified atom stereocenters. The molecule has 0 fully saturated rings. The number of carbonyl (C=O) groups is 1. The Morgan fingerprint density at radius 3 is 2.62 bits per heavy atom. The van der Waals surface area contributed by atoms with Crippen LogP contribution in [0.2, 0.25) is 0 Å². The summed E-state index contributed by atoms with van der Waals surface area (Å²) in [6.45, 7) is 2.22. The molecule has 0 saturated heterocycles. The highest BCUT2D eigenvalue weighted by molar-refractivity contribution is 8.04. The van der Waals surface area contributed by atoms with Crippen LogP contribution in [0.3, 0.4) is 0 Å². The van der Waals surface area contributed by atoms with Crippen LogP contribution < -0.4 is 0 Å². The smallest absolute Gasteiger partial charge is 0.171 e. The normalized spacial score (nSPS) is 20.2. The number of hydrogen-bond donors (Lipinski definition) is 1. The van der Waals surface area contributed by atoms with Crippen LogP contribution in [0, 0.1) is 0 Å². The van der Waals surface area contributed by atoms with Crippen molar-refractivity contribution in [3.05, 3.63) is 11.0 Å². The maximum absolute atomic E-state index is 11.3. The van der Waals surface area contributed by atoms with E-state index in [0.29, 0.717) is 6.42 Å². The summed E-state index contributed by atoms with van der Waals surface area (Å²) in [4.78, 5) is 12.1. The van der Waals surface area contributed by atoms with Crippen molar-refractivity contribution in [3.8, 4) is 0 Å². The summed E-state index contributed by atoms with van der Waals surface area (Å²) in [5.74, 6) is 1.12. The Balaban J connectivity index is 1.99. The van der Waals surface area contributed by atoms with Gasteiger partial charge in [0.25, 0.3) is 0 Å². The zero-order chi connectivity index (χ0) is 11.8. The summed E-state index contributed by atoms with van der Waals surface area (Å²) in [7, 11) is 0. The van der Waals surface area contributed by atoms with E-state index >= 15 is 0 Å². The van der Waals surface area contributed by atoms with Crippen molar-refractivity contribution in [1.29, 1.82) is 0 Å². The molecule has 0 radical (unpaired) electrons. The molecule has 92 valence electrons. The highest BCUT2D eigenvalue weighted by atomic mass is 32.2. The minimum atomic E-state index is -0.528. The summed E-state index contributed by atoms with van der Waals surface area (Å²) in [5.41, 5.74) is 0. The van der Waals surface area contributed by atoms with Crippen LogP contribution in [0.5, 0.6) is 0 Å². The van der Waals surface area contributed by atoms with Crippen LogP contribution in [0.15, 0.2) is 11.0 Å². The van der Waals surface area contributed by atoms with Crippen LogP contribution in [0.4, 0.5) is 0 Å². The number of ketones is 1. The number of aliphatic hydroxyl groups is 1. The third-order valence-corrected chi connectivity index (χ3v) is 3.94. The molecule has 2 nitrogen and oxygen atoms in total. The summed E-state index contributed by atoms with van der Waals surface area (Å²) in [6, 6.07) is 0. The predicted molar refractivity (Wildman–Crippen MR) is 69.5 cm³/mol.